The number of rotatable bonds is 4. The van der Waals surface area contributed by atoms with Crippen LogP contribution in [0.3, 0.4) is 0 Å². The molecule has 0 aliphatic heterocycles. The van der Waals surface area contributed by atoms with Gasteiger partial charge in [0.1, 0.15) is 0 Å². The molecule has 1 atom stereocenters. The molecule has 0 bridgehead atoms. The zero-order valence-electron chi connectivity index (χ0n) is 12.6. The first-order chi connectivity index (χ1) is 9.52. The molecule has 0 aliphatic rings. The van der Waals surface area contributed by atoms with Crippen LogP contribution in [0.2, 0.25) is 0 Å². The van der Waals surface area contributed by atoms with Gasteiger partial charge in [0.05, 0.1) is 6.04 Å². The molecule has 1 unspecified atom stereocenters. The third-order valence-corrected chi connectivity index (χ3v) is 4.61. The number of hydrogen-bond donors (Lipinski definition) is 1. The minimum Gasteiger partial charge on any atom is -0.309 e. The third-order valence-electron chi connectivity index (χ3n) is 3.75. The second-order valence-corrected chi connectivity index (χ2v) is 6.41. The lowest BCUT2D eigenvalue weighted by atomic mass is 9.95. The maximum atomic E-state index is 3.62. The van der Waals surface area contributed by atoms with Gasteiger partial charge in [0.2, 0.25) is 0 Å². The number of nitrogens with one attached hydrogen (secondary N) is 1. The molecule has 0 saturated carbocycles. The van der Waals surface area contributed by atoms with Crippen LogP contribution in [0, 0.1) is 6.92 Å². The Kier molecular flexibility index (Phi) is 5.00. The molecule has 2 aromatic rings. The van der Waals surface area contributed by atoms with Crippen molar-refractivity contribution in [2.45, 2.75) is 32.7 Å². The van der Waals surface area contributed by atoms with Gasteiger partial charge in [-0.2, -0.15) is 0 Å². The van der Waals surface area contributed by atoms with Gasteiger partial charge in [0.25, 0.3) is 0 Å². The molecule has 106 valence electrons. The van der Waals surface area contributed by atoms with Crippen LogP contribution in [-0.4, -0.2) is 7.05 Å². The molecule has 1 N–H and O–H groups in total. The van der Waals surface area contributed by atoms with Gasteiger partial charge < -0.3 is 5.32 Å². The van der Waals surface area contributed by atoms with Gasteiger partial charge in [-0.25, -0.2) is 0 Å². The van der Waals surface area contributed by atoms with Gasteiger partial charge in [0, 0.05) is 4.47 Å². The predicted molar refractivity (Wildman–Crippen MR) is 90.3 cm³/mol. The number of hydrogen-bond acceptors (Lipinski definition) is 1. The lowest BCUT2D eigenvalue weighted by Crippen LogP contribution is -2.17. The van der Waals surface area contributed by atoms with E-state index in [1.807, 2.05) is 7.05 Å². The Morgan fingerprint density at radius 1 is 0.900 bits per heavy atom. The minimum absolute atomic E-state index is 0.230. The number of aryl methyl sites for hydroxylation is 1. The average Bonchev–Trinajstić information content (AvgIpc) is 2.44. The fourth-order valence-corrected chi connectivity index (χ4v) is 2.78. The zero-order valence-corrected chi connectivity index (χ0v) is 14.2. The summed E-state index contributed by atoms with van der Waals surface area (Å²) in [5.74, 6) is 0.575. The van der Waals surface area contributed by atoms with Gasteiger partial charge >= 0.3 is 0 Å². The van der Waals surface area contributed by atoms with Crippen molar-refractivity contribution in [3.63, 3.8) is 0 Å². The summed E-state index contributed by atoms with van der Waals surface area (Å²) in [5, 5.41) is 3.41. The lowest BCUT2D eigenvalue weighted by Gasteiger charge is -2.19. The minimum atomic E-state index is 0.230. The molecule has 0 heterocycles. The fourth-order valence-electron chi connectivity index (χ4n) is 2.39. The molecule has 20 heavy (non-hydrogen) atoms. The van der Waals surface area contributed by atoms with E-state index in [1.54, 1.807) is 0 Å². The van der Waals surface area contributed by atoms with Crippen molar-refractivity contribution in [3.05, 3.63) is 69.2 Å². The summed E-state index contributed by atoms with van der Waals surface area (Å²) in [7, 11) is 2.01. The highest BCUT2D eigenvalue weighted by atomic mass is 79.9. The van der Waals surface area contributed by atoms with Crippen LogP contribution >= 0.6 is 15.9 Å². The summed E-state index contributed by atoms with van der Waals surface area (Å²) in [6.07, 6.45) is 0. The van der Waals surface area contributed by atoms with E-state index in [9.17, 15) is 0 Å². The van der Waals surface area contributed by atoms with Crippen LogP contribution in [0.25, 0.3) is 0 Å². The van der Waals surface area contributed by atoms with Crippen molar-refractivity contribution in [3.8, 4) is 0 Å². The maximum Gasteiger partial charge on any atom is 0.0574 e. The molecule has 0 aromatic heterocycles. The Morgan fingerprint density at radius 3 is 1.95 bits per heavy atom. The Hall–Kier alpha value is -1.12. The zero-order chi connectivity index (χ0) is 14.7. The average molecular weight is 332 g/mol. The lowest BCUT2D eigenvalue weighted by molar-refractivity contribution is 0.690. The van der Waals surface area contributed by atoms with E-state index in [0.29, 0.717) is 5.92 Å². The Bertz CT molecular complexity index is 572. The van der Waals surface area contributed by atoms with Crippen LogP contribution in [0.4, 0.5) is 0 Å². The van der Waals surface area contributed by atoms with Gasteiger partial charge in [-0.1, -0.05) is 66.2 Å². The molecular weight excluding hydrogens is 310 g/mol. The summed E-state index contributed by atoms with van der Waals surface area (Å²) >= 11 is 3.62. The predicted octanol–water partition coefficient (Wildman–Crippen LogP) is 5.19. The van der Waals surface area contributed by atoms with E-state index in [1.165, 1.54) is 22.3 Å². The number of halogens is 1. The largest absolute Gasteiger partial charge is 0.309 e. The first-order valence-electron chi connectivity index (χ1n) is 7.06. The quantitative estimate of drug-likeness (QED) is 0.812. The first kappa shape index (κ1) is 15.3. The molecule has 0 saturated heterocycles. The van der Waals surface area contributed by atoms with Crippen molar-refractivity contribution in [2.75, 3.05) is 7.05 Å². The third kappa shape index (κ3) is 3.31. The van der Waals surface area contributed by atoms with Crippen LogP contribution in [-0.2, 0) is 0 Å². The van der Waals surface area contributed by atoms with Crippen molar-refractivity contribution >= 4 is 15.9 Å². The van der Waals surface area contributed by atoms with E-state index in [-0.39, 0.29) is 6.04 Å². The highest BCUT2D eigenvalue weighted by molar-refractivity contribution is 9.10. The summed E-state index contributed by atoms with van der Waals surface area (Å²) in [6.45, 7) is 6.56. The van der Waals surface area contributed by atoms with E-state index in [2.05, 4.69) is 84.5 Å². The Labute approximate surface area is 130 Å². The van der Waals surface area contributed by atoms with Crippen molar-refractivity contribution in [2.24, 2.45) is 0 Å². The SMILES string of the molecule is CNC(c1ccc(C(C)C)cc1)c1ccc(C)c(Br)c1. The summed E-state index contributed by atoms with van der Waals surface area (Å²) in [5.41, 5.74) is 5.22. The van der Waals surface area contributed by atoms with E-state index >= 15 is 0 Å². The van der Waals surface area contributed by atoms with Crippen LogP contribution < -0.4 is 5.32 Å². The molecule has 2 rings (SSSR count). The Balaban J connectivity index is 2.33. The first-order valence-corrected chi connectivity index (χ1v) is 7.85. The highest BCUT2D eigenvalue weighted by Crippen LogP contribution is 2.27. The van der Waals surface area contributed by atoms with E-state index in [0.717, 1.165) is 4.47 Å². The fraction of sp³-hybridized carbons (Fsp3) is 0.333. The summed E-state index contributed by atoms with van der Waals surface area (Å²) in [6, 6.07) is 15.7. The van der Waals surface area contributed by atoms with Crippen LogP contribution in [0.15, 0.2) is 46.9 Å². The van der Waals surface area contributed by atoms with Gasteiger partial charge in [-0.3, -0.25) is 0 Å². The maximum absolute atomic E-state index is 3.62. The van der Waals surface area contributed by atoms with Gasteiger partial charge in [0.15, 0.2) is 0 Å². The molecule has 2 heteroatoms. The molecule has 1 nitrogen and oxygen atoms in total. The van der Waals surface area contributed by atoms with Crippen LogP contribution in [0.5, 0.6) is 0 Å². The monoisotopic (exact) mass is 331 g/mol. The van der Waals surface area contributed by atoms with Gasteiger partial charge in [-0.05, 0) is 48.2 Å². The van der Waals surface area contributed by atoms with Crippen molar-refractivity contribution < 1.29 is 0 Å². The highest BCUT2D eigenvalue weighted by Gasteiger charge is 2.13. The number of benzene rings is 2. The van der Waals surface area contributed by atoms with Crippen molar-refractivity contribution in [1.82, 2.24) is 5.32 Å². The molecule has 2 aromatic carbocycles. The topological polar surface area (TPSA) is 12.0 Å². The second kappa shape index (κ2) is 6.55. The van der Waals surface area contributed by atoms with Gasteiger partial charge in [-0.15, -0.1) is 0 Å². The molecular formula is C18H22BrN. The van der Waals surface area contributed by atoms with Crippen LogP contribution in [0.1, 0.15) is 48.1 Å². The summed E-state index contributed by atoms with van der Waals surface area (Å²) in [4.78, 5) is 0. The van der Waals surface area contributed by atoms with Crippen molar-refractivity contribution in [1.29, 1.82) is 0 Å². The molecule has 0 amide bonds. The molecule has 0 fully saturated rings. The van der Waals surface area contributed by atoms with E-state index < -0.39 is 0 Å². The smallest absolute Gasteiger partial charge is 0.0574 e. The summed E-state index contributed by atoms with van der Waals surface area (Å²) < 4.78 is 1.16. The molecule has 0 spiro atoms. The Morgan fingerprint density at radius 2 is 1.45 bits per heavy atom. The van der Waals surface area contributed by atoms with E-state index in [4.69, 9.17) is 0 Å². The normalized spacial score (nSPS) is 12.7. The molecule has 0 aliphatic carbocycles. The molecule has 0 radical (unpaired) electrons. The second-order valence-electron chi connectivity index (χ2n) is 5.55. The standard InChI is InChI=1S/C18H22BrN/c1-12(2)14-7-9-15(10-8-14)18(20-4)16-6-5-13(3)17(19)11-16/h5-12,18,20H,1-4H3.